The van der Waals surface area contributed by atoms with Crippen molar-refractivity contribution in [3.8, 4) is 11.1 Å². The number of imidazole rings is 1. The van der Waals surface area contributed by atoms with Crippen LogP contribution in [0.4, 0.5) is 11.8 Å². The van der Waals surface area contributed by atoms with Gasteiger partial charge in [0.2, 0.25) is 5.95 Å². The Bertz CT molecular complexity index is 1280. The third-order valence-electron chi connectivity index (χ3n) is 7.77. The molecular weight excluding hydrogens is 446 g/mol. The van der Waals surface area contributed by atoms with Gasteiger partial charge in [0, 0.05) is 24.7 Å². The van der Waals surface area contributed by atoms with Gasteiger partial charge in [-0.15, -0.1) is 0 Å². The molecule has 0 saturated heterocycles. The lowest BCUT2D eigenvalue weighted by Gasteiger charge is -2.27. The number of nitrogens with two attached hydrogens (primary N) is 1. The molecule has 2 aromatic heterocycles. The van der Waals surface area contributed by atoms with Crippen LogP contribution in [-0.2, 0) is 6.54 Å². The van der Waals surface area contributed by atoms with E-state index in [1.54, 1.807) is 0 Å². The first-order chi connectivity index (χ1) is 17.7. The smallest absolute Gasteiger partial charge is 0.227 e. The van der Waals surface area contributed by atoms with E-state index in [1.165, 1.54) is 42.4 Å². The summed E-state index contributed by atoms with van der Waals surface area (Å²) in [5.41, 5.74) is 11.5. The Morgan fingerprint density at radius 3 is 2.31 bits per heavy atom. The van der Waals surface area contributed by atoms with Crippen molar-refractivity contribution >= 4 is 22.9 Å². The zero-order valence-electron chi connectivity index (χ0n) is 20.7. The summed E-state index contributed by atoms with van der Waals surface area (Å²) in [4.78, 5) is 14.6. The molecule has 36 heavy (non-hydrogen) atoms. The fraction of sp³-hybridized carbons (Fsp3) is 0.414. The molecule has 2 heterocycles. The van der Waals surface area contributed by atoms with Crippen LogP contribution in [0.3, 0.4) is 0 Å². The maximum atomic E-state index is 6.12. The second kappa shape index (κ2) is 10.3. The Hall–Kier alpha value is -3.45. The van der Waals surface area contributed by atoms with E-state index in [0.717, 1.165) is 42.7 Å². The highest BCUT2D eigenvalue weighted by molar-refractivity contribution is 5.84. The monoisotopic (exact) mass is 481 g/mol. The first kappa shape index (κ1) is 23.0. The highest BCUT2D eigenvalue weighted by atomic mass is 15.2. The number of rotatable bonds is 7. The zero-order valence-corrected chi connectivity index (χ0v) is 20.7. The number of anilines is 2. The van der Waals surface area contributed by atoms with Crippen molar-refractivity contribution in [1.29, 1.82) is 0 Å². The van der Waals surface area contributed by atoms with E-state index in [-0.39, 0.29) is 0 Å². The topological polar surface area (TPSA) is 93.7 Å². The number of hydrogen-bond acceptors (Lipinski definition) is 6. The lowest BCUT2D eigenvalue weighted by Crippen LogP contribution is -2.33. The Morgan fingerprint density at radius 2 is 1.56 bits per heavy atom. The minimum absolute atomic E-state index is 0.320. The molecular formula is C29H35N7. The van der Waals surface area contributed by atoms with Crippen molar-refractivity contribution in [1.82, 2.24) is 19.5 Å². The molecule has 7 heteroatoms. The van der Waals surface area contributed by atoms with E-state index >= 15 is 0 Å². The fourth-order valence-electron chi connectivity index (χ4n) is 5.63. The number of aromatic nitrogens is 4. The fourth-order valence-corrected chi connectivity index (χ4v) is 5.63. The molecule has 4 N–H and O–H groups in total. The lowest BCUT2D eigenvalue weighted by atomic mass is 9.92. The molecule has 0 bridgehead atoms. The van der Waals surface area contributed by atoms with Crippen LogP contribution in [0.5, 0.6) is 0 Å². The Balaban J connectivity index is 1.25. The quantitative estimate of drug-likeness (QED) is 0.304. The van der Waals surface area contributed by atoms with Crippen molar-refractivity contribution in [2.75, 3.05) is 10.6 Å². The summed E-state index contributed by atoms with van der Waals surface area (Å²) >= 11 is 0. The third kappa shape index (κ3) is 4.93. The number of hydrogen-bond donors (Lipinski definition) is 3. The van der Waals surface area contributed by atoms with Crippen LogP contribution >= 0.6 is 0 Å². The van der Waals surface area contributed by atoms with Gasteiger partial charge in [-0.05, 0) is 55.2 Å². The summed E-state index contributed by atoms with van der Waals surface area (Å²) in [6.07, 6.45) is 11.1. The first-order valence-electron chi connectivity index (χ1n) is 13.4. The number of nitrogens with zero attached hydrogens (tertiary/aromatic N) is 4. The Kier molecular flexibility index (Phi) is 6.55. The van der Waals surface area contributed by atoms with Crippen LogP contribution in [0.15, 0.2) is 60.9 Å². The van der Waals surface area contributed by atoms with Gasteiger partial charge in [0.05, 0.1) is 6.33 Å². The predicted octanol–water partition coefficient (Wildman–Crippen LogP) is 5.90. The molecule has 2 aromatic carbocycles. The summed E-state index contributed by atoms with van der Waals surface area (Å²) in [5, 5.41) is 7.17. The van der Waals surface area contributed by atoms with E-state index in [4.69, 9.17) is 20.7 Å². The average molecular weight is 482 g/mol. The van der Waals surface area contributed by atoms with Gasteiger partial charge in [-0.3, -0.25) is 0 Å². The highest BCUT2D eigenvalue weighted by Crippen LogP contribution is 2.33. The first-order valence-corrected chi connectivity index (χ1v) is 13.4. The largest absolute Gasteiger partial charge is 0.364 e. The van der Waals surface area contributed by atoms with Gasteiger partial charge in [-0.1, -0.05) is 67.4 Å². The average Bonchev–Trinajstić information content (AvgIpc) is 3.60. The van der Waals surface area contributed by atoms with E-state index in [2.05, 4.69) is 63.7 Å². The lowest BCUT2D eigenvalue weighted by molar-refractivity contribution is 0.410. The molecule has 7 nitrogen and oxygen atoms in total. The molecule has 186 valence electrons. The highest BCUT2D eigenvalue weighted by Gasteiger charge is 2.23. The van der Waals surface area contributed by atoms with Crippen molar-refractivity contribution in [2.45, 2.75) is 76.0 Å². The van der Waals surface area contributed by atoms with Crippen molar-refractivity contribution < 1.29 is 0 Å². The molecule has 6 rings (SSSR count). The van der Waals surface area contributed by atoms with Gasteiger partial charge in [0.1, 0.15) is 0 Å². The molecule has 0 amide bonds. The second-order valence-electron chi connectivity index (χ2n) is 10.3. The van der Waals surface area contributed by atoms with Crippen LogP contribution in [0.2, 0.25) is 0 Å². The number of nitrogens with one attached hydrogen (secondary N) is 2. The van der Waals surface area contributed by atoms with Gasteiger partial charge in [-0.25, -0.2) is 4.98 Å². The summed E-state index contributed by atoms with van der Waals surface area (Å²) in [5.74, 6) is 1.48. The zero-order chi connectivity index (χ0) is 24.3. The van der Waals surface area contributed by atoms with Gasteiger partial charge in [0.15, 0.2) is 17.0 Å². The summed E-state index contributed by atoms with van der Waals surface area (Å²) in [7, 11) is 0. The minimum atomic E-state index is 0.320. The van der Waals surface area contributed by atoms with E-state index in [0.29, 0.717) is 30.6 Å². The van der Waals surface area contributed by atoms with Crippen LogP contribution < -0.4 is 16.4 Å². The van der Waals surface area contributed by atoms with Gasteiger partial charge in [0.25, 0.3) is 0 Å². The Labute approximate surface area is 212 Å². The molecule has 0 radical (unpaired) electrons. The molecule has 0 aliphatic heterocycles. The molecule has 0 spiro atoms. The van der Waals surface area contributed by atoms with Gasteiger partial charge < -0.3 is 20.9 Å². The van der Waals surface area contributed by atoms with Gasteiger partial charge >= 0.3 is 0 Å². The Morgan fingerprint density at radius 1 is 0.833 bits per heavy atom. The van der Waals surface area contributed by atoms with E-state index in [1.807, 2.05) is 12.4 Å². The van der Waals surface area contributed by atoms with Gasteiger partial charge in [-0.2, -0.15) is 9.97 Å². The van der Waals surface area contributed by atoms with Crippen molar-refractivity contribution in [3.05, 3.63) is 66.5 Å². The summed E-state index contributed by atoms with van der Waals surface area (Å²) in [6.45, 7) is 0.676. The van der Waals surface area contributed by atoms with Crippen molar-refractivity contribution in [2.24, 2.45) is 5.73 Å². The molecule has 2 fully saturated rings. The van der Waals surface area contributed by atoms with Crippen LogP contribution in [0.1, 0.15) is 63.0 Å². The molecule has 2 saturated carbocycles. The molecule has 0 unspecified atom stereocenters. The van der Waals surface area contributed by atoms with Crippen LogP contribution in [0, 0.1) is 0 Å². The summed E-state index contributed by atoms with van der Waals surface area (Å²) < 4.78 is 2.27. The number of benzene rings is 2. The molecule has 4 aromatic rings. The second-order valence-corrected chi connectivity index (χ2v) is 10.3. The molecule has 2 aliphatic rings. The van der Waals surface area contributed by atoms with E-state index < -0.39 is 0 Å². The molecule has 2 aliphatic carbocycles. The normalized spacial score (nSPS) is 20.6. The third-order valence-corrected chi connectivity index (χ3v) is 7.77. The van der Waals surface area contributed by atoms with Crippen LogP contribution in [-0.4, -0.2) is 31.6 Å². The molecule has 0 atom stereocenters. The maximum Gasteiger partial charge on any atom is 0.227 e. The summed E-state index contributed by atoms with van der Waals surface area (Å²) in [6, 6.07) is 20.3. The number of fused-ring (bicyclic) bond motifs is 1. The standard InChI is InChI=1S/C29H35N7/c30-23-14-16-24(17-15-23)33-29-34-27(26-28(35-29)36(19-32-26)25-8-4-5-9-25)31-18-20-10-12-22(13-11-20)21-6-2-1-3-7-21/h1-3,6-7,10-13,19,23-25H,4-5,8-9,14-18,30H2,(H2,31,33,34,35). The predicted molar refractivity (Wildman–Crippen MR) is 146 cm³/mol. The van der Waals surface area contributed by atoms with Crippen molar-refractivity contribution in [3.63, 3.8) is 0 Å². The SMILES string of the molecule is NC1CCC(Nc2nc(NCc3ccc(-c4ccccc4)cc3)c3ncn(C4CCCC4)c3n2)CC1. The maximum absolute atomic E-state index is 6.12. The van der Waals surface area contributed by atoms with E-state index in [9.17, 15) is 0 Å². The van der Waals surface area contributed by atoms with Crippen LogP contribution in [0.25, 0.3) is 22.3 Å². The minimum Gasteiger partial charge on any atom is -0.364 e.